The Morgan fingerprint density at radius 1 is 1.33 bits per heavy atom. The molecule has 2 aliphatic rings. The van der Waals surface area contributed by atoms with Crippen molar-refractivity contribution in [3.05, 3.63) is 22.8 Å². The van der Waals surface area contributed by atoms with Crippen LogP contribution < -0.4 is 4.74 Å². The summed E-state index contributed by atoms with van der Waals surface area (Å²) in [5.41, 5.74) is -0.364. The van der Waals surface area contributed by atoms with Gasteiger partial charge in [-0.3, -0.25) is 4.79 Å². The number of carbonyl (C=O) groups is 2. The highest BCUT2D eigenvalue weighted by atomic mass is 16.5. The highest BCUT2D eigenvalue weighted by Crippen LogP contribution is 2.56. The third-order valence-corrected chi connectivity index (χ3v) is 6.09. The largest absolute Gasteiger partial charge is 0.507 e. The van der Waals surface area contributed by atoms with E-state index in [9.17, 15) is 24.9 Å². The molecule has 1 fully saturated rings. The third kappa shape index (κ3) is 3.31. The first-order valence-corrected chi connectivity index (χ1v) is 9.70. The molecule has 1 aromatic rings. The second kappa shape index (κ2) is 7.15. The fourth-order valence-corrected chi connectivity index (χ4v) is 4.65. The molecule has 1 heterocycles. The van der Waals surface area contributed by atoms with E-state index < -0.39 is 29.5 Å². The molecule has 0 radical (unpaired) electrons. The number of ketones is 1. The van der Waals surface area contributed by atoms with E-state index in [0.717, 1.165) is 19.3 Å². The SMILES string of the molecule is CCCCCc1cc2c(c(O)c1C(=O)O)[C@H]1[C@H](C(C)=O)CC[C@](C)(O)[C@H]1O2. The number of hydrogen-bond acceptors (Lipinski definition) is 5. The quantitative estimate of drug-likeness (QED) is 0.657. The number of aryl methyl sites for hydroxylation is 1. The second-order valence-corrected chi connectivity index (χ2v) is 8.11. The maximum Gasteiger partial charge on any atom is 0.339 e. The highest BCUT2D eigenvalue weighted by molar-refractivity contribution is 5.94. The molecule has 0 amide bonds. The number of carboxylic acids is 1. The van der Waals surface area contributed by atoms with E-state index in [-0.39, 0.29) is 17.1 Å². The van der Waals surface area contributed by atoms with E-state index in [0.29, 0.717) is 36.1 Å². The predicted octanol–water partition coefficient (Wildman–Crippen LogP) is 3.42. The minimum atomic E-state index is -1.19. The zero-order valence-corrected chi connectivity index (χ0v) is 16.1. The number of aromatic hydroxyl groups is 1. The molecule has 27 heavy (non-hydrogen) atoms. The van der Waals surface area contributed by atoms with Gasteiger partial charge in [-0.15, -0.1) is 0 Å². The Kier molecular flexibility index (Phi) is 5.21. The van der Waals surface area contributed by atoms with E-state index in [1.807, 2.05) is 0 Å². The molecule has 148 valence electrons. The fourth-order valence-electron chi connectivity index (χ4n) is 4.65. The zero-order chi connectivity index (χ0) is 19.9. The maximum absolute atomic E-state index is 12.2. The van der Waals surface area contributed by atoms with E-state index in [4.69, 9.17) is 4.74 Å². The monoisotopic (exact) mass is 376 g/mol. The van der Waals surface area contributed by atoms with Gasteiger partial charge in [-0.2, -0.15) is 0 Å². The number of phenols is 1. The minimum Gasteiger partial charge on any atom is -0.507 e. The molecule has 6 nitrogen and oxygen atoms in total. The van der Waals surface area contributed by atoms with Crippen molar-refractivity contribution in [2.24, 2.45) is 5.92 Å². The molecule has 1 saturated carbocycles. The fraction of sp³-hybridized carbons (Fsp3) is 0.619. The van der Waals surface area contributed by atoms with E-state index in [1.165, 1.54) is 6.92 Å². The lowest BCUT2D eigenvalue weighted by atomic mass is 9.67. The number of Topliss-reactive ketones (excluding diaryl/α,β-unsaturated/α-hetero) is 1. The molecule has 6 heteroatoms. The Labute approximate surface area is 159 Å². The van der Waals surface area contributed by atoms with Gasteiger partial charge in [0.15, 0.2) is 0 Å². The summed E-state index contributed by atoms with van der Waals surface area (Å²) >= 11 is 0. The zero-order valence-electron chi connectivity index (χ0n) is 16.1. The first-order chi connectivity index (χ1) is 12.7. The van der Waals surface area contributed by atoms with Gasteiger partial charge < -0.3 is 20.1 Å². The van der Waals surface area contributed by atoms with Gasteiger partial charge >= 0.3 is 5.97 Å². The van der Waals surface area contributed by atoms with E-state index in [2.05, 4.69) is 6.92 Å². The summed E-state index contributed by atoms with van der Waals surface area (Å²) in [7, 11) is 0. The Hall–Kier alpha value is -2.08. The topological polar surface area (TPSA) is 104 Å². The lowest BCUT2D eigenvalue weighted by molar-refractivity contribution is -0.130. The molecule has 1 aromatic carbocycles. The predicted molar refractivity (Wildman–Crippen MR) is 99.5 cm³/mol. The Balaban J connectivity index is 2.12. The Bertz CT molecular complexity index is 766. The highest BCUT2D eigenvalue weighted by Gasteiger charge is 2.55. The van der Waals surface area contributed by atoms with Crippen LogP contribution in [0.3, 0.4) is 0 Å². The molecule has 3 rings (SSSR count). The number of carboxylic acid groups (broad SMARTS) is 1. The molecular weight excluding hydrogens is 348 g/mol. The van der Waals surface area contributed by atoms with Gasteiger partial charge in [0.25, 0.3) is 0 Å². The van der Waals surface area contributed by atoms with Crippen LogP contribution in [0.2, 0.25) is 0 Å². The van der Waals surface area contributed by atoms with Crippen LogP contribution >= 0.6 is 0 Å². The first kappa shape index (κ1) is 19.7. The number of fused-ring (bicyclic) bond motifs is 3. The molecule has 4 atom stereocenters. The van der Waals surface area contributed by atoms with Crippen molar-refractivity contribution in [2.75, 3.05) is 0 Å². The maximum atomic E-state index is 12.2. The third-order valence-electron chi connectivity index (χ3n) is 6.09. The number of ether oxygens (including phenoxy) is 1. The first-order valence-electron chi connectivity index (χ1n) is 9.70. The van der Waals surface area contributed by atoms with Crippen molar-refractivity contribution in [3.8, 4) is 11.5 Å². The normalized spacial score (nSPS) is 29.0. The molecule has 1 aliphatic heterocycles. The van der Waals surface area contributed by atoms with Crippen LogP contribution in [0.15, 0.2) is 6.07 Å². The van der Waals surface area contributed by atoms with Crippen molar-refractivity contribution in [1.29, 1.82) is 0 Å². The van der Waals surface area contributed by atoms with Crippen LogP contribution in [0.4, 0.5) is 0 Å². The second-order valence-electron chi connectivity index (χ2n) is 8.11. The molecule has 0 spiro atoms. The average Bonchev–Trinajstić information content (AvgIpc) is 2.95. The molecular formula is C21H28O6. The minimum absolute atomic E-state index is 0.0414. The summed E-state index contributed by atoms with van der Waals surface area (Å²) in [6.07, 6.45) is 3.53. The summed E-state index contributed by atoms with van der Waals surface area (Å²) in [6.45, 7) is 5.23. The van der Waals surface area contributed by atoms with Gasteiger partial charge in [0, 0.05) is 17.4 Å². The summed E-state index contributed by atoms with van der Waals surface area (Å²) in [4.78, 5) is 24.1. The Morgan fingerprint density at radius 2 is 2.04 bits per heavy atom. The standard InChI is InChI=1S/C21H28O6/c1-4-5-6-7-12-10-14-17(18(23)15(12)20(24)25)16-13(11(2)22)8-9-21(3,26)19(16)27-14/h10,13,16,19,23,26H,4-9H2,1-3H3,(H,24,25)/t13-,16+,19-,21-/m0/s1. The van der Waals surface area contributed by atoms with Gasteiger partial charge in [0.1, 0.15) is 28.9 Å². The van der Waals surface area contributed by atoms with Gasteiger partial charge in [-0.05, 0) is 51.2 Å². The number of carbonyl (C=O) groups excluding carboxylic acids is 1. The molecule has 0 bridgehead atoms. The number of hydrogen-bond donors (Lipinski definition) is 3. The van der Waals surface area contributed by atoms with Gasteiger partial charge in [-0.1, -0.05) is 19.8 Å². The van der Waals surface area contributed by atoms with Crippen LogP contribution in [0.25, 0.3) is 0 Å². The Morgan fingerprint density at radius 3 is 2.63 bits per heavy atom. The van der Waals surface area contributed by atoms with Crippen LogP contribution in [0.1, 0.15) is 80.3 Å². The summed E-state index contributed by atoms with van der Waals surface area (Å²) in [6, 6.07) is 1.68. The summed E-state index contributed by atoms with van der Waals surface area (Å²) < 4.78 is 6.01. The lowest BCUT2D eigenvalue weighted by Crippen LogP contribution is -2.51. The molecule has 0 aromatic heterocycles. The molecule has 3 N–H and O–H groups in total. The van der Waals surface area contributed by atoms with E-state index >= 15 is 0 Å². The smallest absolute Gasteiger partial charge is 0.339 e. The van der Waals surface area contributed by atoms with Crippen molar-refractivity contribution in [2.45, 2.75) is 76.9 Å². The lowest BCUT2D eigenvalue weighted by Gasteiger charge is -2.41. The number of unbranched alkanes of at least 4 members (excludes halogenated alkanes) is 2. The number of rotatable bonds is 6. The van der Waals surface area contributed by atoms with Crippen LogP contribution in [0.5, 0.6) is 11.5 Å². The van der Waals surface area contributed by atoms with Gasteiger partial charge in [0.05, 0.1) is 5.60 Å². The van der Waals surface area contributed by atoms with E-state index in [1.54, 1.807) is 13.0 Å². The van der Waals surface area contributed by atoms with Crippen molar-refractivity contribution < 1.29 is 29.6 Å². The summed E-state index contributed by atoms with van der Waals surface area (Å²) in [5.74, 6) is -2.10. The van der Waals surface area contributed by atoms with Crippen molar-refractivity contribution in [1.82, 2.24) is 0 Å². The molecule has 1 aliphatic carbocycles. The van der Waals surface area contributed by atoms with Crippen LogP contribution in [-0.4, -0.2) is 38.8 Å². The van der Waals surface area contributed by atoms with Crippen molar-refractivity contribution in [3.63, 3.8) is 0 Å². The van der Waals surface area contributed by atoms with Crippen molar-refractivity contribution >= 4 is 11.8 Å². The number of aromatic carboxylic acids is 1. The van der Waals surface area contributed by atoms with Crippen LogP contribution in [0, 0.1) is 5.92 Å². The average molecular weight is 376 g/mol. The number of aliphatic hydroxyl groups is 1. The molecule has 0 saturated heterocycles. The van der Waals surface area contributed by atoms with Crippen LogP contribution in [-0.2, 0) is 11.2 Å². The van der Waals surface area contributed by atoms with Gasteiger partial charge in [-0.25, -0.2) is 4.79 Å². The molecule has 0 unspecified atom stereocenters. The van der Waals surface area contributed by atoms with Gasteiger partial charge in [0.2, 0.25) is 0 Å². The summed E-state index contributed by atoms with van der Waals surface area (Å²) in [5, 5.41) is 31.4. The number of benzene rings is 1.